The number of benzene rings is 1. The predicted octanol–water partition coefficient (Wildman–Crippen LogP) is 1.21. The highest BCUT2D eigenvalue weighted by molar-refractivity contribution is 7.92. The van der Waals surface area contributed by atoms with Crippen LogP contribution in [0.3, 0.4) is 0 Å². The summed E-state index contributed by atoms with van der Waals surface area (Å²) in [6.07, 6.45) is 0. The highest BCUT2D eigenvalue weighted by Crippen LogP contribution is 2.18. The van der Waals surface area contributed by atoms with E-state index in [1.54, 1.807) is 0 Å². The van der Waals surface area contributed by atoms with Crippen LogP contribution in [0, 0.1) is 5.82 Å². The lowest BCUT2D eigenvalue weighted by Crippen LogP contribution is -2.18. The Kier molecular flexibility index (Phi) is 3.90. The fraction of sp³-hybridized carbons (Fsp3) is 0.250. The van der Waals surface area contributed by atoms with Crippen molar-refractivity contribution in [2.75, 3.05) is 17.1 Å². The molecule has 4 nitrogen and oxygen atoms in total. The largest absolute Gasteiger partial charge is 0.395 e. The van der Waals surface area contributed by atoms with E-state index >= 15 is 0 Å². The van der Waals surface area contributed by atoms with Crippen LogP contribution in [0.4, 0.5) is 10.1 Å². The molecule has 0 fully saturated rings. The summed E-state index contributed by atoms with van der Waals surface area (Å²) in [4.78, 5) is 0. The van der Waals surface area contributed by atoms with Gasteiger partial charge in [-0.1, -0.05) is 11.6 Å². The molecule has 7 heteroatoms. The first-order valence-corrected chi connectivity index (χ1v) is 6.03. The normalized spacial score (nSPS) is 11.4. The second kappa shape index (κ2) is 4.78. The molecule has 0 aliphatic carbocycles. The SMILES string of the molecule is O=S(=O)(CCO)Nc1cc(F)cc(Cl)c1. The van der Waals surface area contributed by atoms with Crippen LogP contribution in [0.15, 0.2) is 18.2 Å². The summed E-state index contributed by atoms with van der Waals surface area (Å²) in [5.41, 5.74) is 0.0356. The van der Waals surface area contributed by atoms with E-state index < -0.39 is 28.2 Å². The molecule has 0 spiro atoms. The summed E-state index contributed by atoms with van der Waals surface area (Å²) in [5.74, 6) is -1.08. The molecule has 0 aromatic heterocycles. The van der Waals surface area contributed by atoms with Crippen molar-refractivity contribution >= 4 is 27.3 Å². The molecule has 0 atom stereocenters. The summed E-state index contributed by atoms with van der Waals surface area (Å²) in [6.45, 7) is -0.502. The maximum Gasteiger partial charge on any atom is 0.234 e. The van der Waals surface area contributed by atoms with Crippen LogP contribution < -0.4 is 4.72 Å². The van der Waals surface area contributed by atoms with Gasteiger partial charge in [0.05, 0.1) is 18.0 Å². The highest BCUT2D eigenvalue weighted by atomic mass is 35.5. The number of hydrogen-bond donors (Lipinski definition) is 2. The number of rotatable bonds is 4. The topological polar surface area (TPSA) is 66.4 Å². The first kappa shape index (κ1) is 12.2. The summed E-state index contributed by atoms with van der Waals surface area (Å²) in [5, 5.41) is 8.56. The average Bonchev–Trinajstić information content (AvgIpc) is 1.99. The Hall–Kier alpha value is -0.850. The maximum absolute atomic E-state index is 12.8. The van der Waals surface area contributed by atoms with Crippen LogP contribution >= 0.6 is 11.6 Å². The van der Waals surface area contributed by atoms with E-state index in [0.29, 0.717) is 0 Å². The minimum absolute atomic E-state index is 0.0356. The van der Waals surface area contributed by atoms with Crippen LogP contribution in [0.25, 0.3) is 0 Å². The van der Waals surface area contributed by atoms with Gasteiger partial charge in [0.1, 0.15) is 5.82 Å². The monoisotopic (exact) mass is 253 g/mol. The maximum atomic E-state index is 12.8. The molecular weight excluding hydrogens is 245 g/mol. The van der Waals surface area contributed by atoms with Crippen molar-refractivity contribution < 1.29 is 17.9 Å². The van der Waals surface area contributed by atoms with Crippen molar-refractivity contribution in [3.8, 4) is 0 Å². The van der Waals surface area contributed by atoms with Gasteiger partial charge in [-0.25, -0.2) is 12.8 Å². The van der Waals surface area contributed by atoms with Gasteiger partial charge in [-0.15, -0.1) is 0 Å². The molecule has 1 aromatic carbocycles. The third kappa shape index (κ3) is 4.03. The third-order valence-corrected chi connectivity index (χ3v) is 2.98. The van der Waals surface area contributed by atoms with Crippen molar-refractivity contribution in [3.05, 3.63) is 29.0 Å². The quantitative estimate of drug-likeness (QED) is 0.848. The number of aliphatic hydroxyl groups excluding tert-OH is 1. The molecular formula is C8H9ClFNO3S. The number of aliphatic hydroxyl groups is 1. The van der Waals surface area contributed by atoms with Crippen molar-refractivity contribution in [3.63, 3.8) is 0 Å². The number of nitrogens with one attached hydrogen (secondary N) is 1. The van der Waals surface area contributed by atoms with E-state index in [9.17, 15) is 12.8 Å². The first-order valence-electron chi connectivity index (χ1n) is 4.00. The van der Waals surface area contributed by atoms with Crippen molar-refractivity contribution in [1.82, 2.24) is 0 Å². The van der Waals surface area contributed by atoms with Gasteiger partial charge in [0.2, 0.25) is 10.0 Å². The van der Waals surface area contributed by atoms with Crippen molar-refractivity contribution in [2.45, 2.75) is 0 Å². The van der Waals surface area contributed by atoms with E-state index in [2.05, 4.69) is 4.72 Å². The Labute approximate surface area is 91.7 Å². The summed E-state index contributed by atoms with van der Waals surface area (Å²) < 4.78 is 37.3. The van der Waals surface area contributed by atoms with Gasteiger partial charge in [0, 0.05) is 5.02 Å². The van der Waals surface area contributed by atoms with Gasteiger partial charge < -0.3 is 5.11 Å². The van der Waals surface area contributed by atoms with E-state index in [-0.39, 0.29) is 10.7 Å². The van der Waals surface area contributed by atoms with Gasteiger partial charge in [0.25, 0.3) is 0 Å². The third-order valence-electron chi connectivity index (χ3n) is 1.50. The predicted molar refractivity (Wildman–Crippen MR) is 55.9 cm³/mol. The van der Waals surface area contributed by atoms with Gasteiger partial charge >= 0.3 is 0 Å². The molecule has 1 rings (SSSR count). The zero-order valence-corrected chi connectivity index (χ0v) is 9.15. The zero-order chi connectivity index (χ0) is 11.5. The molecule has 0 aliphatic rings. The van der Waals surface area contributed by atoms with E-state index in [1.807, 2.05) is 0 Å². The molecule has 0 aliphatic heterocycles. The minimum Gasteiger partial charge on any atom is -0.395 e. The van der Waals surface area contributed by atoms with E-state index in [4.69, 9.17) is 16.7 Å². The summed E-state index contributed by atoms with van der Waals surface area (Å²) in [6, 6.07) is 3.34. The number of hydrogen-bond acceptors (Lipinski definition) is 3. The molecule has 2 N–H and O–H groups in total. The van der Waals surface area contributed by atoms with Crippen LogP contribution in [0.5, 0.6) is 0 Å². The van der Waals surface area contributed by atoms with Crippen molar-refractivity contribution in [1.29, 1.82) is 0 Å². The van der Waals surface area contributed by atoms with Gasteiger partial charge in [-0.2, -0.15) is 0 Å². The molecule has 1 aromatic rings. The van der Waals surface area contributed by atoms with E-state index in [1.165, 1.54) is 6.07 Å². The van der Waals surface area contributed by atoms with Gasteiger partial charge in [0.15, 0.2) is 0 Å². The van der Waals surface area contributed by atoms with Crippen LogP contribution in [-0.4, -0.2) is 25.9 Å². The number of sulfonamides is 1. The zero-order valence-electron chi connectivity index (χ0n) is 7.57. The lowest BCUT2D eigenvalue weighted by molar-refractivity contribution is 0.320. The summed E-state index contributed by atoms with van der Waals surface area (Å²) in [7, 11) is -3.64. The number of halogens is 2. The standard InChI is InChI=1S/C8H9ClFNO3S/c9-6-3-7(10)5-8(4-6)11-15(13,14)2-1-12/h3-5,11-12H,1-2H2. The van der Waals surface area contributed by atoms with Crippen LogP contribution in [0.1, 0.15) is 0 Å². The molecule has 0 saturated heterocycles. The first-order chi connectivity index (χ1) is 6.93. The van der Waals surface area contributed by atoms with Crippen LogP contribution in [-0.2, 0) is 10.0 Å². The highest BCUT2D eigenvalue weighted by Gasteiger charge is 2.10. The minimum atomic E-state index is -3.64. The lowest BCUT2D eigenvalue weighted by atomic mass is 10.3. The molecule has 0 unspecified atom stereocenters. The van der Waals surface area contributed by atoms with Gasteiger partial charge in [-0.05, 0) is 18.2 Å². The molecule has 15 heavy (non-hydrogen) atoms. The Morgan fingerprint density at radius 2 is 2.07 bits per heavy atom. The Morgan fingerprint density at radius 1 is 1.40 bits per heavy atom. The molecule has 0 heterocycles. The molecule has 84 valence electrons. The van der Waals surface area contributed by atoms with Gasteiger partial charge in [-0.3, -0.25) is 4.72 Å². The fourth-order valence-electron chi connectivity index (χ4n) is 0.964. The van der Waals surface area contributed by atoms with E-state index in [0.717, 1.165) is 12.1 Å². The fourth-order valence-corrected chi connectivity index (χ4v) is 2.00. The van der Waals surface area contributed by atoms with Crippen LogP contribution in [0.2, 0.25) is 5.02 Å². The van der Waals surface area contributed by atoms with Crippen molar-refractivity contribution in [2.24, 2.45) is 0 Å². The Bertz CT molecular complexity index is 429. The summed E-state index contributed by atoms with van der Waals surface area (Å²) >= 11 is 5.53. The lowest BCUT2D eigenvalue weighted by Gasteiger charge is -2.06. The Balaban J connectivity index is 2.90. The number of anilines is 1. The second-order valence-electron chi connectivity index (χ2n) is 2.80. The molecule has 0 bridgehead atoms. The second-order valence-corrected chi connectivity index (χ2v) is 5.08. The average molecular weight is 254 g/mol. The Morgan fingerprint density at radius 3 is 2.60 bits per heavy atom. The molecule has 0 amide bonds. The molecule has 0 saturated carbocycles. The smallest absolute Gasteiger partial charge is 0.234 e. The molecule has 0 radical (unpaired) electrons.